The third kappa shape index (κ3) is 2.84. The van der Waals surface area contributed by atoms with Crippen LogP contribution < -0.4 is 0 Å². The lowest BCUT2D eigenvalue weighted by atomic mass is 10.1. The number of carboxylic acid groups (broad SMARTS) is 1. The molecule has 1 N–H and O–H groups in total. The molecule has 0 radical (unpaired) electrons. The van der Waals surface area contributed by atoms with Crippen LogP contribution in [0.15, 0.2) is 5.38 Å². The Morgan fingerprint density at radius 3 is 2.88 bits per heavy atom. The molecule has 1 unspecified atom stereocenters. The van der Waals surface area contributed by atoms with Crippen molar-refractivity contribution < 1.29 is 18.3 Å². The van der Waals surface area contributed by atoms with Gasteiger partial charge in [-0.25, -0.2) is 18.2 Å². The van der Waals surface area contributed by atoms with Gasteiger partial charge in [-0.05, 0) is 12.8 Å². The molecule has 1 aromatic heterocycles. The first kappa shape index (κ1) is 12.5. The number of hydrogen-bond acceptors (Lipinski definition) is 5. The number of rotatable bonds is 3. The summed E-state index contributed by atoms with van der Waals surface area (Å²) in [6.45, 7) is 0. The maximum atomic E-state index is 11.8. The van der Waals surface area contributed by atoms with Crippen molar-refractivity contribution in [1.29, 1.82) is 0 Å². The van der Waals surface area contributed by atoms with Crippen LogP contribution in [0.4, 0.5) is 0 Å². The first-order chi connectivity index (χ1) is 7.99. The lowest BCUT2D eigenvalue weighted by Gasteiger charge is -2.20. The minimum atomic E-state index is -3.01. The van der Waals surface area contributed by atoms with E-state index >= 15 is 0 Å². The van der Waals surface area contributed by atoms with Gasteiger partial charge in [-0.15, -0.1) is 11.3 Å². The first-order valence-electron chi connectivity index (χ1n) is 5.38. The van der Waals surface area contributed by atoms with Crippen LogP contribution in [0.5, 0.6) is 0 Å². The number of hydrogen-bond donors (Lipinski definition) is 1. The third-order valence-electron chi connectivity index (χ3n) is 2.89. The van der Waals surface area contributed by atoms with E-state index in [2.05, 4.69) is 4.98 Å². The fraction of sp³-hybridized carbons (Fsp3) is 0.600. The Labute approximate surface area is 103 Å². The SMILES string of the molecule is O=C(O)c1csc(CC2CCCCS2(=O)=O)n1. The number of aromatic nitrogens is 1. The summed E-state index contributed by atoms with van der Waals surface area (Å²) in [5.74, 6) is -0.825. The summed E-state index contributed by atoms with van der Waals surface area (Å²) in [6, 6.07) is 0. The van der Waals surface area contributed by atoms with Crippen molar-refractivity contribution in [1.82, 2.24) is 4.98 Å². The maximum absolute atomic E-state index is 11.8. The van der Waals surface area contributed by atoms with Crippen molar-refractivity contribution in [2.24, 2.45) is 0 Å². The summed E-state index contributed by atoms with van der Waals surface area (Å²) in [6.07, 6.45) is 2.66. The van der Waals surface area contributed by atoms with Crippen LogP contribution in [-0.2, 0) is 16.3 Å². The van der Waals surface area contributed by atoms with E-state index in [1.165, 1.54) is 16.7 Å². The lowest BCUT2D eigenvalue weighted by molar-refractivity contribution is 0.0691. The zero-order chi connectivity index (χ0) is 12.5. The molecule has 0 aromatic carbocycles. The van der Waals surface area contributed by atoms with E-state index in [1.54, 1.807) is 0 Å². The Hall–Kier alpha value is -0.950. The minimum Gasteiger partial charge on any atom is -0.476 e. The summed E-state index contributed by atoms with van der Waals surface area (Å²) >= 11 is 1.22. The molecule has 94 valence electrons. The fourth-order valence-corrected chi connectivity index (χ4v) is 4.78. The highest BCUT2D eigenvalue weighted by atomic mass is 32.2. The quantitative estimate of drug-likeness (QED) is 0.900. The second-order valence-electron chi connectivity index (χ2n) is 4.12. The van der Waals surface area contributed by atoms with Crippen LogP contribution in [-0.4, -0.2) is 35.5 Å². The van der Waals surface area contributed by atoms with E-state index in [9.17, 15) is 13.2 Å². The van der Waals surface area contributed by atoms with Gasteiger partial charge in [0.05, 0.1) is 16.0 Å². The second-order valence-corrected chi connectivity index (χ2v) is 7.46. The molecule has 1 aliphatic heterocycles. The van der Waals surface area contributed by atoms with Crippen LogP contribution in [0.25, 0.3) is 0 Å². The van der Waals surface area contributed by atoms with Crippen molar-refractivity contribution in [2.45, 2.75) is 30.9 Å². The van der Waals surface area contributed by atoms with Gasteiger partial charge in [0.25, 0.3) is 0 Å². The average Bonchev–Trinajstić information content (AvgIpc) is 2.70. The van der Waals surface area contributed by atoms with Crippen LogP contribution >= 0.6 is 11.3 Å². The zero-order valence-electron chi connectivity index (χ0n) is 9.13. The maximum Gasteiger partial charge on any atom is 0.355 e. The van der Waals surface area contributed by atoms with E-state index in [1.807, 2.05) is 0 Å². The van der Waals surface area contributed by atoms with E-state index < -0.39 is 15.8 Å². The van der Waals surface area contributed by atoms with Crippen molar-refractivity contribution in [3.05, 3.63) is 16.1 Å². The highest BCUT2D eigenvalue weighted by Crippen LogP contribution is 2.24. The summed E-state index contributed by atoms with van der Waals surface area (Å²) < 4.78 is 23.6. The zero-order valence-corrected chi connectivity index (χ0v) is 10.8. The summed E-state index contributed by atoms with van der Waals surface area (Å²) in [4.78, 5) is 14.6. The predicted molar refractivity (Wildman–Crippen MR) is 64.2 cm³/mol. The number of carboxylic acids is 1. The van der Waals surface area contributed by atoms with Gasteiger partial charge in [-0.2, -0.15) is 0 Å². The van der Waals surface area contributed by atoms with Crippen molar-refractivity contribution in [3.63, 3.8) is 0 Å². The molecule has 5 nitrogen and oxygen atoms in total. The average molecular weight is 275 g/mol. The molecular weight excluding hydrogens is 262 g/mol. The van der Waals surface area contributed by atoms with Gasteiger partial charge in [0.2, 0.25) is 0 Å². The van der Waals surface area contributed by atoms with Gasteiger partial charge in [0, 0.05) is 11.8 Å². The molecule has 1 atom stereocenters. The molecule has 0 aliphatic carbocycles. The number of thiazole rings is 1. The van der Waals surface area contributed by atoms with Gasteiger partial charge < -0.3 is 5.11 Å². The molecule has 17 heavy (non-hydrogen) atoms. The second kappa shape index (κ2) is 4.73. The van der Waals surface area contributed by atoms with E-state index in [0.717, 1.165) is 12.8 Å². The number of sulfone groups is 1. The minimum absolute atomic E-state index is 0.00166. The van der Waals surface area contributed by atoms with E-state index in [0.29, 0.717) is 17.8 Å². The molecule has 2 heterocycles. The summed E-state index contributed by atoms with van der Waals surface area (Å²) in [5, 5.41) is 10.4. The summed E-state index contributed by atoms with van der Waals surface area (Å²) in [5.41, 5.74) is -0.00166. The van der Waals surface area contributed by atoms with Crippen LogP contribution in [0.1, 0.15) is 34.8 Å². The van der Waals surface area contributed by atoms with Gasteiger partial charge in [0.15, 0.2) is 15.5 Å². The Kier molecular flexibility index (Phi) is 3.48. The van der Waals surface area contributed by atoms with Crippen LogP contribution in [0, 0.1) is 0 Å². The predicted octanol–water partition coefficient (Wildman–Crippen LogP) is 1.35. The first-order valence-corrected chi connectivity index (χ1v) is 7.98. The molecule has 1 aliphatic rings. The monoisotopic (exact) mass is 275 g/mol. The van der Waals surface area contributed by atoms with Crippen molar-refractivity contribution in [3.8, 4) is 0 Å². The standard InChI is InChI=1S/C10H13NO4S2/c12-10(13)8-6-16-9(11-8)5-7-3-1-2-4-17(7,14)15/h6-7H,1-5H2,(H,12,13). The topological polar surface area (TPSA) is 84.3 Å². The Morgan fingerprint density at radius 1 is 1.53 bits per heavy atom. The van der Waals surface area contributed by atoms with Crippen molar-refractivity contribution >= 4 is 27.1 Å². The fourth-order valence-electron chi connectivity index (χ4n) is 1.95. The number of nitrogens with zero attached hydrogens (tertiary/aromatic N) is 1. The largest absolute Gasteiger partial charge is 0.476 e. The van der Waals surface area contributed by atoms with Crippen molar-refractivity contribution in [2.75, 3.05) is 5.75 Å². The lowest BCUT2D eigenvalue weighted by Crippen LogP contribution is -2.30. The van der Waals surface area contributed by atoms with Crippen LogP contribution in [0.2, 0.25) is 0 Å². The molecule has 1 fully saturated rings. The highest BCUT2D eigenvalue weighted by molar-refractivity contribution is 7.92. The Morgan fingerprint density at radius 2 is 2.29 bits per heavy atom. The van der Waals surface area contributed by atoms with Gasteiger partial charge in [-0.3, -0.25) is 0 Å². The highest BCUT2D eigenvalue weighted by Gasteiger charge is 2.29. The molecule has 0 amide bonds. The van der Waals surface area contributed by atoms with Gasteiger partial charge in [-0.1, -0.05) is 6.42 Å². The molecule has 0 bridgehead atoms. The Balaban J connectivity index is 2.11. The Bertz CT molecular complexity index is 520. The van der Waals surface area contributed by atoms with E-state index in [-0.39, 0.29) is 16.7 Å². The molecule has 7 heteroatoms. The molecule has 2 rings (SSSR count). The van der Waals surface area contributed by atoms with E-state index in [4.69, 9.17) is 5.11 Å². The van der Waals surface area contributed by atoms with Crippen LogP contribution in [0.3, 0.4) is 0 Å². The van der Waals surface area contributed by atoms with Gasteiger partial charge in [0.1, 0.15) is 0 Å². The number of aromatic carboxylic acids is 1. The molecule has 0 spiro atoms. The number of carbonyl (C=O) groups is 1. The smallest absolute Gasteiger partial charge is 0.355 e. The van der Waals surface area contributed by atoms with Gasteiger partial charge >= 0.3 is 5.97 Å². The normalized spacial score (nSPS) is 23.4. The molecular formula is C10H13NO4S2. The molecule has 0 saturated carbocycles. The third-order valence-corrected chi connectivity index (χ3v) is 6.03. The summed E-state index contributed by atoms with van der Waals surface area (Å²) in [7, 11) is -3.01. The molecule has 1 aromatic rings. The molecule has 1 saturated heterocycles.